The highest BCUT2D eigenvalue weighted by Gasteiger charge is 2.12. The van der Waals surface area contributed by atoms with Crippen molar-refractivity contribution in [2.24, 2.45) is 0 Å². The van der Waals surface area contributed by atoms with E-state index in [0.29, 0.717) is 41.3 Å². The lowest BCUT2D eigenvalue weighted by Crippen LogP contribution is -2.24. The van der Waals surface area contributed by atoms with Gasteiger partial charge in [-0.15, -0.1) is 11.8 Å². The lowest BCUT2D eigenvalue weighted by Gasteiger charge is -2.07. The standard InChI is InChI=1S/C21H23N3O4S/c1-14-4-6-15(7-5-14)11-22-19(25)12-29-13-20-23-21(24-28-20)16-8-9-17(26-2)18(10-16)27-3/h4-10H,11-13H2,1-3H3,(H,22,25). The first-order valence-electron chi connectivity index (χ1n) is 9.04. The molecule has 0 atom stereocenters. The molecule has 0 fully saturated rings. The molecule has 0 spiro atoms. The summed E-state index contributed by atoms with van der Waals surface area (Å²) >= 11 is 1.42. The first kappa shape index (κ1) is 20.7. The molecular formula is C21H23N3O4S. The number of amides is 1. The Labute approximate surface area is 173 Å². The molecule has 1 aromatic heterocycles. The zero-order valence-electron chi connectivity index (χ0n) is 16.6. The fourth-order valence-corrected chi connectivity index (χ4v) is 3.28. The smallest absolute Gasteiger partial charge is 0.236 e. The van der Waals surface area contributed by atoms with Gasteiger partial charge in [-0.05, 0) is 30.7 Å². The van der Waals surface area contributed by atoms with Gasteiger partial charge >= 0.3 is 0 Å². The largest absolute Gasteiger partial charge is 0.493 e. The van der Waals surface area contributed by atoms with E-state index in [-0.39, 0.29) is 5.91 Å². The summed E-state index contributed by atoms with van der Waals surface area (Å²) in [7, 11) is 3.15. The minimum absolute atomic E-state index is 0.0322. The van der Waals surface area contributed by atoms with Crippen LogP contribution in [0.5, 0.6) is 11.5 Å². The van der Waals surface area contributed by atoms with Crippen LogP contribution in [0.15, 0.2) is 47.0 Å². The van der Waals surface area contributed by atoms with Crippen LogP contribution in [0.4, 0.5) is 0 Å². The Kier molecular flexibility index (Phi) is 7.13. The number of hydrogen-bond donors (Lipinski definition) is 1. The molecule has 0 saturated heterocycles. The van der Waals surface area contributed by atoms with Crippen LogP contribution in [-0.2, 0) is 17.1 Å². The van der Waals surface area contributed by atoms with Crippen molar-refractivity contribution in [3.05, 3.63) is 59.5 Å². The van der Waals surface area contributed by atoms with Crippen molar-refractivity contribution in [3.63, 3.8) is 0 Å². The van der Waals surface area contributed by atoms with E-state index in [9.17, 15) is 4.79 Å². The van der Waals surface area contributed by atoms with E-state index in [4.69, 9.17) is 14.0 Å². The average molecular weight is 413 g/mol. The SMILES string of the molecule is COc1ccc(-c2noc(CSCC(=O)NCc3ccc(C)cc3)n2)cc1OC. The van der Waals surface area contributed by atoms with E-state index >= 15 is 0 Å². The maximum absolute atomic E-state index is 12.0. The van der Waals surface area contributed by atoms with Gasteiger partial charge in [-0.25, -0.2) is 0 Å². The summed E-state index contributed by atoms with van der Waals surface area (Å²) in [5, 5.41) is 6.91. The van der Waals surface area contributed by atoms with Gasteiger partial charge < -0.3 is 19.3 Å². The Morgan fingerprint density at radius 2 is 1.86 bits per heavy atom. The Morgan fingerprint density at radius 3 is 2.59 bits per heavy atom. The van der Waals surface area contributed by atoms with E-state index in [1.165, 1.54) is 17.3 Å². The van der Waals surface area contributed by atoms with Crippen LogP contribution in [0.1, 0.15) is 17.0 Å². The molecule has 7 nitrogen and oxygen atoms in total. The first-order valence-corrected chi connectivity index (χ1v) is 10.2. The zero-order valence-corrected chi connectivity index (χ0v) is 17.4. The van der Waals surface area contributed by atoms with E-state index in [1.54, 1.807) is 26.4 Å². The Balaban J connectivity index is 1.48. The molecule has 152 valence electrons. The molecule has 0 aliphatic rings. The van der Waals surface area contributed by atoms with Crippen molar-refractivity contribution in [1.29, 1.82) is 0 Å². The highest BCUT2D eigenvalue weighted by molar-refractivity contribution is 7.99. The molecule has 0 aliphatic carbocycles. The summed E-state index contributed by atoms with van der Waals surface area (Å²) in [5.41, 5.74) is 3.03. The molecule has 0 saturated carbocycles. The van der Waals surface area contributed by atoms with Crippen LogP contribution >= 0.6 is 11.8 Å². The fourth-order valence-electron chi connectivity index (χ4n) is 2.59. The zero-order chi connectivity index (χ0) is 20.6. The second-order valence-corrected chi connectivity index (χ2v) is 7.32. The first-order chi connectivity index (χ1) is 14.1. The maximum Gasteiger partial charge on any atom is 0.236 e. The molecule has 0 unspecified atom stereocenters. The molecule has 2 aromatic carbocycles. The maximum atomic E-state index is 12.0. The number of aryl methyl sites for hydroxylation is 1. The van der Waals surface area contributed by atoms with E-state index in [1.807, 2.05) is 37.3 Å². The number of carbonyl (C=O) groups is 1. The highest BCUT2D eigenvalue weighted by atomic mass is 32.2. The second kappa shape index (κ2) is 9.97. The Bertz CT molecular complexity index is 957. The van der Waals surface area contributed by atoms with Crippen molar-refractivity contribution in [2.75, 3.05) is 20.0 Å². The summed E-state index contributed by atoms with van der Waals surface area (Å²) in [6.45, 7) is 2.55. The minimum atomic E-state index is -0.0322. The van der Waals surface area contributed by atoms with Gasteiger partial charge in [0, 0.05) is 12.1 Å². The number of hydrogen-bond acceptors (Lipinski definition) is 7. The van der Waals surface area contributed by atoms with E-state index in [2.05, 4.69) is 15.5 Å². The summed E-state index contributed by atoms with van der Waals surface area (Å²) < 4.78 is 15.8. The average Bonchev–Trinajstić information content (AvgIpc) is 3.21. The van der Waals surface area contributed by atoms with Crippen LogP contribution in [0.3, 0.4) is 0 Å². The third kappa shape index (κ3) is 5.74. The molecule has 29 heavy (non-hydrogen) atoms. The minimum Gasteiger partial charge on any atom is -0.493 e. The monoisotopic (exact) mass is 413 g/mol. The Hall–Kier alpha value is -3.00. The quantitative estimate of drug-likeness (QED) is 0.573. The molecule has 1 amide bonds. The summed E-state index contributed by atoms with van der Waals surface area (Å²) in [6.07, 6.45) is 0. The third-order valence-electron chi connectivity index (χ3n) is 4.18. The second-order valence-electron chi connectivity index (χ2n) is 6.34. The number of carbonyl (C=O) groups excluding carboxylic acids is 1. The number of nitrogens with one attached hydrogen (secondary N) is 1. The van der Waals surface area contributed by atoms with Gasteiger partial charge in [0.25, 0.3) is 0 Å². The normalized spacial score (nSPS) is 10.6. The summed E-state index contributed by atoms with van der Waals surface area (Å²) in [5.74, 6) is 2.90. The number of methoxy groups -OCH3 is 2. The van der Waals surface area contributed by atoms with Gasteiger partial charge in [0.15, 0.2) is 11.5 Å². The highest BCUT2D eigenvalue weighted by Crippen LogP contribution is 2.31. The van der Waals surface area contributed by atoms with Crippen LogP contribution < -0.4 is 14.8 Å². The van der Waals surface area contributed by atoms with Crippen molar-refractivity contribution >= 4 is 17.7 Å². The van der Waals surface area contributed by atoms with Gasteiger partial charge in [0.05, 0.1) is 25.7 Å². The summed E-state index contributed by atoms with van der Waals surface area (Å²) in [4.78, 5) is 16.4. The van der Waals surface area contributed by atoms with Gasteiger partial charge in [-0.2, -0.15) is 4.98 Å². The van der Waals surface area contributed by atoms with Gasteiger partial charge in [-0.1, -0.05) is 35.0 Å². The third-order valence-corrected chi connectivity index (χ3v) is 5.10. The van der Waals surface area contributed by atoms with Crippen molar-refractivity contribution in [3.8, 4) is 22.9 Å². The number of thioether (sulfide) groups is 1. The predicted octanol–water partition coefficient (Wildman–Crippen LogP) is 3.61. The molecule has 0 bridgehead atoms. The van der Waals surface area contributed by atoms with Gasteiger partial charge in [0.2, 0.25) is 17.6 Å². The molecule has 3 rings (SSSR count). The van der Waals surface area contributed by atoms with Crippen LogP contribution in [0.2, 0.25) is 0 Å². The number of ether oxygens (including phenoxy) is 2. The van der Waals surface area contributed by atoms with Crippen molar-refractivity contribution < 1.29 is 18.8 Å². The number of nitrogens with zero attached hydrogens (tertiary/aromatic N) is 2. The number of aromatic nitrogens is 2. The van der Waals surface area contributed by atoms with Crippen molar-refractivity contribution in [1.82, 2.24) is 15.5 Å². The van der Waals surface area contributed by atoms with E-state index < -0.39 is 0 Å². The molecular weight excluding hydrogens is 390 g/mol. The molecule has 3 aromatic rings. The molecule has 1 N–H and O–H groups in total. The lowest BCUT2D eigenvalue weighted by atomic mass is 10.1. The topological polar surface area (TPSA) is 86.5 Å². The lowest BCUT2D eigenvalue weighted by molar-refractivity contribution is -0.118. The molecule has 1 heterocycles. The number of benzene rings is 2. The van der Waals surface area contributed by atoms with Crippen molar-refractivity contribution in [2.45, 2.75) is 19.2 Å². The van der Waals surface area contributed by atoms with Gasteiger partial charge in [0.1, 0.15) is 0 Å². The molecule has 8 heteroatoms. The number of rotatable bonds is 9. The molecule has 0 aliphatic heterocycles. The summed E-state index contributed by atoms with van der Waals surface area (Å²) in [6, 6.07) is 13.5. The predicted molar refractivity (Wildman–Crippen MR) is 112 cm³/mol. The van der Waals surface area contributed by atoms with Crippen LogP contribution in [0, 0.1) is 6.92 Å². The Morgan fingerprint density at radius 1 is 1.10 bits per heavy atom. The van der Waals surface area contributed by atoms with Crippen LogP contribution in [0.25, 0.3) is 11.4 Å². The van der Waals surface area contributed by atoms with E-state index in [0.717, 1.165) is 11.1 Å². The van der Waals surface area contributed by atoms with Gasteiger partial charge in [-0.3, -0.25) is 4.79 Å². The fraction of sp³-hybridized carbons (Fsp3) is 0.286. The molecule has 0 radical (unpaired) electrons. The van der Waals surface area contributed by atoms with Crippen LogP contribution in [-0.4, -0.2) is 36.0 Å².